The Hall–Kier alpha value is -2.67. The molecule has 0 saturated carbocycles. The lowest BCUT2D eigenvalue weighted by Crippen LogP contribution is -2.16. The number of carbonyl (C=O) groups excluding carboxylic acids is 1. The fourth-order valence-electron chi connectivity index (χ4n) is 4.16. The number of Topliss-reactive ketones (excluding diaryl/α,β-unsaturated/α-hetero) is 1. The van der Waals surface area contributed by atoms with Gasteiger partial charge in [-0.2, -0.15) is 0 Å². The molecule has 1 fully saturated rings. The summed E-state index contributed by atoms with van der Waals surface area (Å²) in [6, 6.07) is 11.3. The van der Waals surface area contributed by atoms with Crippen LogP contribution >= 0.6 is 0 Å². The van der Waals surface area contributed by atoms with E-state index in [9.17, 15) is 13.2 Å². The molecule has 3 aromatic rings. The second-order valence-corrected chi connectivity index (χ2v) is 9.93. The van der Waals surface area contributed by atoms with Gasteiger partial charge in [-0.05, 0) is 45.4 Å². The molecule has 0 aliphatic carbocycles. The minimum Gasteiger partial charge on any atom is -0.483 e. The monoisotopic (exact) mass is 412 g/mol. The molecule has 1 aromatic carbocycles. The molecule has 0 amide bonds. The SMILES string of the molecule is Cc1ccc2cccc(OCC(=O)c3cc(C)n(C4CCS(=O)(=O)C4)c3C)c2n1. The maximum absolute atomic E-state index is 12.9. The van der Waals surface area contributed by atoms with Crippen molar-refractivity contribution in [2.24, 2.45) is 0 Å². The highest BCUT2D eigenvalue weighted by Crippen LogP contribution is 2.30. The zero-order chi connectivity index (χ0) is 20.8. The van der Waals surface area contributed by atoms with Gasteiger partial charge in [0.25, 0.3) is 0 Å². The molecule has 0 bridgehead atoms. The van der Waals surface area contributed by atoms with E-state index in [2.05, 4.69) is 4.98 Å². The van der Waals surface area contributed by atoms with Gasteiger partial charge in [0.05, 0.1) is 11.5 Å². The van der Waals surface area contributed by atoms with Crippen molar-refractivity contribution in [1.29, 1.82) is 0 Å². The molecular formula is C22H24N2O4S. The number of para-hydroxylation sites is 1. The maximum atomic E-state index is 12.9. The molecule has 2 aromatic heterocycles. The van der Waals surface area contributed by atoms with Crippen LogP contribution in [-0.4, -0.2) is 41.9 Å². The fourth-order valence-corrected chi connectivity index (χ4v) is 5.86. The van der Waals surface area contributed by atoms with Crippen LogP contribution in [0.5, 0.6) is 5.75 Å². The van der Waals surface area contributed by atoms with E-state index in [4.69, 9.17) is 4.74 Å². The van der Waals surface area contributed by atoms with Gasteiger partial charge >= 0.3 is 0 Å². The molecule has 29 heavy (non-hydrogen) atoms. The number of pyridine rings is 1. The summed E-state index contributed by atoms with van der Waals surface area (Å²) < 4.78 is 31.5. The zero-order valence-corrected chi connectivity index (χ0v) is 17.6. The number of carbonyl (C=O) groups is 1. The average molecular weight is 413 g/mol. The third kappa shape index (κ3) is 3.79. The number of nitrogens with zero attached hydrogens (tertiary/aromatic N) is 2. The van der Waals surface area contributed by atoms with Crippen molar-refractivity contribution in [3.63, 3.8) is 0 Å². The largest absolute Gasteiger partial charge is 0.483 e. The van der Waals surface area contributed by atoms with Gasteiger partial charge in [-0.1, -0.05) is 18.2 Å². The normalized spacial score (nSPS) is 18.2. The Morgan fingerprint density at radius 1 is 1.21 bits per heavy atom. The van der Waals surface area contributed by atoms with Crippen LogP contribution < -0.4 is 4.74 Å². The molecule has 1 aliphatic rings. The summed E-state index contributed by atoms with van der Waals surface area (Å²) in [6.07, 6.45) is 0.587. The molecule has 0 radical (unpaired) electrons. The number of benzene rings is 1. The van der Waals surface area contributed by atoms with Crippen LogP contribution in [-0.2, 0) is 9.84 Å². The van der Waals surface area contributed by atoms with Gasteiger partial charge in [-0.25, -0.2) is 13.4 Å². The van der Waals surface area contributed by atoms with Gasteiger partial charge in [-0.3, -0.25) is 4.79 Å². The first kappa shape index (κ1) is 19.6. The van der Waals surface area contributed by atoms with Crippen molar-refractivity contribution in [2.75, 3.05) is 18.1 Å². The van der Waals surface area contributed by atoms with Crippen molar-refractivity contribution in [2.45, 2.75) is 33.2 Å². The number of aryl methyl sites for hydroxylation is 2. The van der Waals surface area contributed by atoms with E-state index >= 15 is 0 Å². The molecule has 0 spiro atoms. The van der Waals surface area contributed by atoms with Crippen LogP contribution in [0.25, 0.3) is 10.9 Å². The van der Waals surface area contributed by atoms with E-state index in [0.717, 1.165) is 28.0 Å². The Balaban J connectivity index is 1.56. The minimum absolute atomic E-state index is 0.0952. The van der Waals surface area contributed by atoms with Crippen molar-refractivity contribution in [1.82, 2.24) is 9.55 Å². The predicted molar refractivity (Wildman–Crippen MR) is 113 cm³/mol. The number of aromatic nitrogens is 2. The minimum atomic E-state index is -3.00. The van der Waals surface area contributed by atoms with E-state index in [1.165, 1.54) is 0 Å². The van der Waals surface area contributed by atoms with E-state index < -0.39 is 9.84 Å². The Morgan fingerprint density at radius 2 is 2.00 bits per heavy atom. The molecule has 7 heteroatoms. The van der Waals surface area contributed by atoms with Crippen molar-refractivity contribution in [3.05, 3.63) is 59.0 Å². The third-order valence-electron chi connectivity index (χ3n) is 5.54. The first-order chi connectivity index (χ1) is 13.7. The van der Waals surface area contributed by atoms with Gasteiger partial charge < -0.3 is 9.30 Å². The summed E-state index contributed by atoms with van der Waals surface area (Å²) in [5.74, 6) is 0.786. The Labute approximate surface area is 170 Å². The number of ether oxygens (including phenoxy) is 1. The maximum Gasteiger partial charge on any atom is 0.202 e. The first-order valence-electron chi connectivity index (χ1n) is 9.66. The van der Waals surface area contributed by atoms with Crippen LogP contribution in [0.3, 0.4) is 0 Å². The lowest BCUT2D eigenvalue weighted by atomic mass is 10.1. The van der Waals surface area contributed by atoms with E-state index in [-0.39, 0.29) is 29.9 Å². The number of hydrogen-bond acceptors (Lipinski definition) is 5. The van der Waals surface area contributed by atoms with Crippen LogP contribution in [0, 0.1) is 20.8 Å². The van der Waals surface area contributed by atoms with Crippen LogP contribution in [0.15, 0.2) is 36.4 Å². The summed E-state index contributed by atoms with van der Waals surface area (Å²) in [5.41, 5.74) is 3.90. The molecule has 1 unspecified atom stereocenters. The van der Waals surface area contributed by atoms with Gasteiger partial charge in [0.1, 0.15) is 11.3 Å². The molecule has 0 N–H and O–H groups in total. The summed E-state index contributed by atoms with van der Waals surface area (Å²) in [5, 5.41) is 0.959. The summed E-state index contributed by atoms with van der Waals surface area (Å²) in [6.45, 7) is 5.60. The molecular weight excluding hydrogens is 388 g/mol. The highest BCUT2D eigenvalue weighted by Gasteiger charge is 2.31. The molecule has 1 saturated heterocycles. The van der Waals surface area contributed by atoms with Crippen LogP contribution in [0.4, 0.5) is 0 Å². The zero-order valence-electron chi connectivity index (χ0n) is 16.8. The highest BCUT2D eigenvalue weighted by molar-refractivity contribution is 7.91. The van der Waals surface area contributed by atoms with Gasteiger partial charge in [0, 0.05) is 34.1 Å². The number of ketones is 1. The Bertz CT molecular complexity index is 1210. The number of rotatable bonds is 5. The van der Waals surface area contributed by atoms with E-state index in [1.807, 2.05) is 61.7 Å². The Morgan fingerprint density at radius 3 is 2.72 bits per heavy atom. The van der Waals surface area contributed by atoms with Gasteiger partial charge in [0.15, 0.2) is 16.4 Å². The van der Waals surface area contributed by atoms with Gasteiger partial charge in [-0.15, -0.1) is 0 Å². The molecule has 3 heterocycles. The smallest absolute Gasteiger partial charge is 0.202 e. The van der Waals surface area contributed by atoms with Crippen molar-refractivity contribution >= 4 is 26.5 Å². The Kier molecular flexibility index (Phi) is 4.94. The quantitative estimate of drug-likeness (QED) is 0.599. The second kappa shape index (κ2) is 7.30. The average Bonchev–Trinajstić information content (AvgIpc) is 3.17. The standard InChI is InChI=1S/C22H24N2O4S/c1-14-7-8-17-5-4-6-21(22(17)23-14)28-12-20(25)19-11-15(2)24(16(19)3)18-9-10-29(26,27)13-18/h4-8,11,18H,9-10,12-13H2,1-3H3. The van der Waals surface area contributed by atoms with Gasteiger partial charge in [0.2, 0.25) is 5.78 Å². The van der Waals surface area contributed by atoms with Crippen LogP contribution in [0.1, 0.15) is 39.9 Å². The first-order valence-corrected chi connectivity index (χ1v) is 11.5. The molecule has 152 valence electrons. The second-order valence-electron chi connectivity index (χ2n) is 7.70. The van der Waals surface area contributed by atoms with Crippen LogP contribution in [0.2, 0.25) is 0 Å². The molecule has 1 aliphatic heterocycles. The number of fused-ring (bicyclic) bond motifs is 1. The summed E-state index contributed by atoms with van der Waals surface area (Å²) in [7, 11) is -3.00. The number of hydrogen-bond donors (Lipinski definition) is 0. The molecule has 6 nitrogen and oxygen atoms in total. The molecule has 4 rings (SSSR count). The van der Waals surface area contributed by atoms with Crippen molar-refractivity contribution in [3.8, 4) is 5.75 Å². The topological polar surface area (TPSA) is 78.3 Å². The lowest BCUT2D eigenvalue weighted by Gasteiger charge is -2.16. The summed E-state index contributed by atoms with van der Waals surface area (Å²) >= 11 is 0. The van der Waals surface area contributed by atoms with E-state index in [1.54, 1.807) is 0 Å². The lowest BCUT2D eigenvalue weighted by molar-refractivity contribution is 0.0921. The predicted octanol–water partition coefficient (Wildman–Crippen LogP) is 3.58. The number of sulfone groups is 1. The highest BCUT2D eigenvalue weighted by atomic mass is 32.2. The van der Waals surface area contributed by atoms with Crippen molar-refractivity contribution < 1.29 is 17.9 Å². The summed E-state index contributed by atoms with van der Waals surface area (Å²) in [4.78, 5) is 17.4. The fraction of sp³-hybridized carbons (Fsp3) is 0.364. The molecule has 1 atom stereocenters. The third-order valence-corrected chi connectivity index (χ3v) is 7.29. The van der Waals surface area contributed by atoms with E-state index in [0.29, 0.717) is 17.7 Å².